The van der Waals surface area contributed by atoms with E-state index in [2.05, 4.69) is 21.1 Å². The minimum atomic E-state index is -0.505. The van der Waals surface area contributed by atoms with E-state index in [1.807, 2.05) is 42.2 Å². The Bertz CT molecular complexity index is 1190. The fourth-order valence-electron chi connectivity index (χ4n) is 4.83. The van der Waals surface area contributed by atoms with Crippen LogP contribution in [0.1, 0.15) is 42.7 Å². The lowest BCUT2D eigenvalue weighted by Crippen LogP contribution is -2.40. The van der Waals surface area contributed by atoms with Crippen LogP contribution in [0.15, 0.2) is 53.1 Å². The Morgan fingerprint density at radius 3 is 2.44 bits per heavy atom. The Labute approximate surface area is 210 Å². The van der Waals surface area contributed by atoms with Crippen molar-refractivity contribution in [1.82, 2.24) is 10.5 Å². The van der Waals surface area contributed by atoms with Crippen molar-refractivity contribution in [1.29, 1.82) is 0 Å². The molecule has 0 saturated carbocycles. The number of nitrogens with one attached hydrogen (secondary N) is 3. The third kappa shape index (κ3) is 5.67. The number of piperidine rings is 1. The molecule has 1 aromatic heterocycles. The van der Waals surface area contributed by atoms with Crippen LogP contribution >= 0.6 is 0 Å². The minimum absolute atomic E-state index is 0.0404. The normalized spacial score (nSPS) is 14.8. The number of aryl methyl sites for hydroxylation is 2. The molecule has 1 aliphatic rings. The van der Waals surface area contributed by atoms with Gasteiger partial charge in [-0.2, -0.15) is 0 Å². The van der Waals surface area contributed by atoms with Crippen molar-refractivity contribution in [2.45, 2.75) is 39.5 Å². The number of hydrogen-bond donors (Lipinski definition) is 3. The molecule has 0 radical (unpaired) electrons. The summed E-state index contributed by atoms with van der Waals surface area (Å²) in [6.45, 7) is 7.22. The Kier molecular flexibility index (Phi) is 7.87. The number of hydrogen-bond acceptors (Lipinski definition) is 5. The van der Waals surface area contributed by atoms with Crippen molar-refractivity contribution in [2.24, 2.45) is 5.92 Å². The second-order valence-electron chi connectivity index (χ2n) is 9.05. The lowest BCUT2D eigenvalue weighted by Gasteiger charge is -2.37. The van der Waals surface area contributed by atoms with Gasteiger partial charge in [-0.05, 0) is 63.3 Å². The number of likely N-dealkylation sites (N-methyl/N-ethyl adjacent to an activating group) is 1. The van der Waals surface area contributed by atoms with Gasteiger partial charge in [0.05, 0.1) is 11.6 Å². The molecule has 8 nitrogen and oxygen atoms in total. The van der Waals surface area contributed by atoms with Crippen LogP contribution in [0, 0.1) is 25.6 Å². The van der Waals surface area contributed by atoms with Crippen molar-refractivity contribution in [2.75, 3.05) is 35.2 Å². The average Bonchev–Trinajstić information content (AvgIpc) is 3.18. The molecule has 36 heavy (non-hydrogen) atoms. The van der Waals surface area contributed by atoms with Gasteiger partial charge < -0.3 is 25.4 Å². The first-order valence-electron chi connectivity index (χ1n) is 12.3. The molecule has 2 heterocycles. The van der Waals surface area contributed by atoms with Crippen molar-refractivity contribution in [3.63, 3.8) is 0 Å². The number of benzene rings is 2. The van der Waals surface area contributed by atoms with E-state index in [1.54, 1.807) is 26.0 Å². The number of nitrogens with zero attached hydrogens (tertiary/aromatic N) is 2. The molecule has 3 amide bonds. The zero-order chi connectivity index (χ0) is 25.7. The molecule has 0 aliphatic carbocycles. The van der Waals surface area contributed by atoms with Gasteiger partial charge in [-0.15, -0.1) is 0 Å². The van der Waals surface area contributed by atoms with Crippen LogP contribution in [0.25, 0.3) is 0 Å². The second-order valence-corrected chi connectivity index (χ2v) is 9.05. The highest BCUT2D eigenvalue weighted by Crippen LogP contribution is 2.35. The summed E-state index contributed by atoms with van der Waals surface area (Å²) in [5.41, 5.74) is 2.90. The van der Waals surface area contributed by atoms with Gasteiger partial charge in [0.25, 0.3) is 0 Å². The molecule has 9 heteroatoms. The molecule has 1 atom stereocenters. The summed E-state index contributed by atoms with van der Waals surface area (Å²) in [5, 5.41) is 12.1. The molecule has 1 saturated heterocycles. The zero-order valence-electron chi connectivity index (χ0n) is 20.8. The number of carbonyl (C=O) groups is 2. The number of urea groups is 1. The van der Waals surface area contributed by atoms with E-state index in [4.69, 9.17) is 4.52 Å². The summed E-state index contributed by atoms with van der Waals surface area (Å²) in [6, 6.07) is 14.0. The highest BCUT2D eigenvalue weighted by Gasteiger charge is 2.33. The highest BCUT2D eigenvalue weighted by molar-refractivity contribution is 6.00. The molecule has 190 valence electrons. The van der Waals surface area contributed by atoms with E-state index >= 15 is 4.39 Å². The van der Waals surface area contributed by atoms with E-state index in [-0.39, 0.29) is 17.7 Å². The predicted octanol–water partition coefficient (Wildman–Crippen LogP) is 5.21. The number of carbonyl (C=O) groups excluding carboxylic acids is 2. The van der Waals surface area contributed by atoms with Crippen LogP contribution in [0.4, 0.5) is 26.2 Å². The lowest BCUT2D eigenvalue weighted by molar-refractivity contribution is -0.123. The van der Waals surface area contributed by atoms with Gasteiger partial charge in [0.15, 0.2) is 5.76 Å². The summed E-state index contributed by atoms with van der Waals surface area (Å²) >= 11 is 0. The number of amides is 3. The standard InChI is InChI=1S/C27H32FN5O3/c1-4-29-26(34)24(19-8-6-5-7-9-19)20-12-14-33(15-13-20)23-11-10-21(16-22(23)28)30-27(35)31-25-17(2)32-36-18(25)3/h5-11,16,20,24H,4,12-15H2,1-3H3,(H,29,34)(H2,30,31,35). The molecule has 1 fully saturated rings. The van der Waals surface area contributed by atoms with E-state index in [9.17, 15) is 9.59 Å². The Morgan fingerprint density at radius 1 is 1.11 bits per heavy atom. The number of aromatic nitrogens is 1. The van der Waals surface area contributed by atoms with Gasteiger partial charge in [0.1, 0.15) is 17.2 Å². The van der Waals surface area contributed by atoms with Crippen LogP contribution in [0.2, 0.25) is 0 Å². The highest BCUT2D eigenvalue weighted by atomic mass is 19.1. The molecule has 3 N–H and O–H groups in total. The molecule has 1 aliphatic heterocycles. The first-order valence-corrected chi connectivity index (χ1v) is 12.3. The molecule has 4 rings (SSSR count). The summed E-state index contributed by atoms with van der Waals surface area (Å²) in [7, 11) is 0. The fourth-order valence-corrected chi connectivity index (χ4v) is 4.83. The molecular formula is C27H32FN5O3. The third-order valence-electron chi connectivity index (χ3n) is 6.62. The van der Waals surface area contributed by atoms with Crippen molar-refractivity contribution < 1.29 is 18.5 Å². The minimum Gasteiger partial charge on any atom is -0.369 e. The molecule has 0 bridgehead atoms. The summed E-state index contributed by atoms with van der Waals surface area (Å²) in [4.78, 5) is 27.2. The Balaban J connectivity index is 1.39. The van der Waals surface area contributed by atoms with Crippen LogP contribution in [0.5, 0.6) is 0 Å². The van der Waals surface area contributed by atoms with Gasteiger partial charge in [0.2, 0.25) is 5.91 Å². The van der Waals surface area contributed by atoms with Gasteiger partial charge in [-0.25, -0.2) is 9.18 Å². The van der Waals surface area contributed by atoms with Gasteiger partial charge in [-0.3, -0.25) is 4.79 Å². The van der Waals surface area contributed by atoms with Crippen LogP contribution < -0.4 is 20.9 Å². The molecular weight excluding hydrogens is 461 g/mol. The SMILES string of the molecule is CCNC(=O)C(c1ccccc1)C1CCN(c2ccc(NC(=O)Nc3c(C)noc3C)cc2F)CC1. The maximum Gasteiger partial charge on any atom is 0.323 e. The van der Waals surface area contributed by atoms with E-state index in [1.165, 1.54) is 6.07 Å². The summed E-state index contributed by atoms with van der Waals surface area (Å²) < 4.78 is 20.1. The van der Waals surface area contributed by atoms with Crippen molar-refractivity contribution in [3.05, 3.63) is 71.4 Å². The first-order chi connectivity index (χ1) is 17.4. The molecule has 1 unspecified atom stereocenters. The largest absolute Gasteiger partial charge is 0.369 e. The quantitative estimate of drug-likeness (QED) is 0.420. The predicted molar refractivity (Wildman–Crippen MR) is 138 cm³/mol. The summed E-state index contributed by atoms with van der Waals surface area (Å²) in [6.07, 6.45) is 1.55. The van der Waals surface area contributed by atoms with E-state index in [0.717, 1.165) is 18.4 Å². The Hall–Kier alpha value is -3.88. The van der Waals surface area contributed by atoms with Gasteiger partial charge in [-0.1, -0.05) is 35.5 Å². The van der Waals surface area contributed by atoms with Crippen LogP contribution in [0.3, 0.4) is 0 Å². The van der Waals surface area contributed by atoms with Crippen LogP contribution in [-0.2, 0) is 4.79 Å². The average molecular weight is 494 g/mol. The maximum absolute atomic E-state index is 15.0. The van der Waals surface area contributed by atoms with E-state index in [0.29, 0.717) is 48.2 Å². The Morgan fingerprint density at radius 2 is 1.83 bits per heavy atom. The monoisotopic (exact) mass is 493 g/mol. The van der Waals surface area contributed by atoms with E-state index < -0.39 is 11.8 Å². The van der Waals surface area contributed by atoms with Crippen molar-refractivity contribution in [3.8, 4) is 0 Å². The fraction of sp³-hybridized carbons (Fsp3) is 0.370. The first kappa shape index (κ1) is 25.2. The third-order valence-corrected chi connectivity index (χ3v) is 6.62. The smallest absolute Gasteiger partial charge is 0.323 e. The number of anilines is 3. The molecule has 3 aromatic rings. The zero-order valence-corrected chi connectivity index (χ0v) is 20.8. The second kappa shape index (κ2) is 11.2. The maximum atomic E-state index is 15.0. The topological polar surface area (TPSA) is 99.5 Å². The van der Waals surface area contributed by atoms with Gasteiger partial charge in [0, 0.05) is 25.3 Å². The number of rotatable bonds is 7. The number of halogens is 1. The van der Waals surface area contributed by atoms with Crippen LogP contribution in [-0.4, -0.2) is 36.7 Å². The summed E-state index contributed by atoms with van der Waals surface area (Å²) in [5.74, 6) is 0.0768. The van der Waals surface area contributed by atoms with Gasteiger partial charge >= 0.3 is 6.03 Å². The lowest BCUT2D eigenvalue weighted by atomic mass is 9.79. The molecule has 0 spiro atoms. The molecule has 2 aromatic carbocycles. The van der Waals surface area contributed by atoms with Crippen molar-refractivity contribution >= 4 is 29.0 Å².